The summed E-state index contributed by atoms with van der Waals surface area (Å²) in [5, 5.41) is 15.4. The van der Waals surface area contributed by atoms with Crippen LogP contribution in [0, 0.1) is 6.92 Å². The molecule has 0 aliphatic heterocycles. The third-order valence-corrected chi connectivity index (χ3v) is 13.6. The minimum Gasteiger partial charge on any atom is -0.309 e. The molecule has 1 atom stereocenters. The quantitative estimate of drug-likeness (QED) is 0.211. The van der Waals surface area contributed by atoms with E-state index in [1.807, 2.05) is 19.2 Å². The van der Waals surface area contributed by atoms with Crippen LogP contribution < -0.4 is 15.7 Å². The first-order valence-corrected chi connectivity index (χ1v) is 17.2. The normalized spacial score (nSPS) is 14.5. The van der Waals surface area contributed by atoms with Crippen LogP contribution in [0.15, 0.2) is 151 Å². The Hall–Kier alpha value is -5.26. The molecule has 0 saturated carbocycles. The molecule has 44 heavy (non-hydrogen) atoms. The Bertz CT molecular complexity index is 2150. The highest BCUT2D eigenvalue weighted by Crippen LogP contribution is 2.34. The van der Waals surface area contributed by atoms with Crippen molar-refractivity contribution in [2.24, 2.45) is 0 Å². The predicted octanol–water partition coefficient (Wildman–Crippen LogP) is 7.16. The minimum absolute atomic E-state index is 0.951. The van der Waals surface area contributed by atoms with Gasteiger partial charge in [0, 0.05) is 39.2 Å². The average molecular weight is 585 g/mol. The van der Waals surface area contributed by atoms with Crippen LogP contribution in [0.25, 0.3) is 38.8 Å². The van der Waals surface area contributed by atoms with Crippen molar-refractivity contribution in [2.45, 2.75) is 19.8 Å². The maximum atomic E-state index is 5.10. The van der Waals surface area contributed by atoms with Gasteiger partial charge >= 0.3 is 0 Å². The highest BCUT2D eigenvalue weighted by molar-refractivity contribution is 7.16. The van der Waals surface area contributed by atoms with Gasteiger partial charge in [-0.25, -0.2) is 0 Å². The maximum absolute atomic E-state index is 5.10. The molecule has 0 amide bonds. The molecule has 7 aromatic rings. The number of nitrogens with zero attached hydrogens (tertiary/aromatic N) is 3. The number of allylic oxidation sites excluding steroid dienone is 4. The zero-order chi connectivity index (χ0) is 29.5. The van der Waals surface area contributed by atoms with Crippen molar-refractivity contribution in [1.29, 1.82) is 0 Å². The van der Waals surface area contributed by atoms with Crippen LogP contribution in [0.1, 0.15) is 18.5 Å². The zero-order valence-electron chi connectivity index (χ0n) is 24.6. The molecule has 8 rings (SSSR count). The van der Waals surface area contributed by atoms with E-state index in [4.69, 9.17) is 4.98 Å². The standard InChI is InChI=1S/C39H32N4Si/c1-28-25-36(42-41-28)29-13-12-14-30(26-29)43-37-20-9-8-19-34(37)35-23-22-33(27-38(35)43)44(31-15-4-2-5-16-31,32-17-6-3-7-18-32)39-21-10-11-24-40-39/h2,4-6,8-27H,3,7H2,1H3,(H,41,42)/t44-/m0/s1. The zero-order valence-corrected chi connectivity index (χ0v) is 25.6. The minimum atomic E-state index is -2.74. The van der Waals surface area contributed by atoms with Gasteiger partial charge in [0.05, 0.1) is 16.7 Å². The maximum Gasteiger partial charge on any atom is 0.201 e. The molecule has 0 radical (unpaired) electrons. The number of pyridine rings is 1. The first kappa shape index (κ1) is 26.4. The number of H-pyrrole nitrogens is 1. The molecule has 0 saturated heterocycles. The lowest BCUT2D eigenvalue weighted by Crippen LogP contribution is -2.69. The van der Waals surface area contributed by atoms with Gasteiger partial charge in [-0.2, -0.15) is 5.10 Å². The molecule has 0 spiro atoms. The summed E-state index contributed by atoms with van der Waals surface area (Å²) in [4.78, 5) is 5.10. The molecule has 0 bridgehead atoms. The highest BCUT2D eigenvalue weighted by Gasteiger charge is 2.44. The molecule has 4 aromatic carbocycles. The van der Waals surface area contributed by atoms with Crippen molar-refractivity contribution >= 4 is 45.6 Å². The number of fused-ring (bicyclic) bond motifs is 3. The lowest BCUT2D eigenvalue weighted by molar-refractivity contribution is 1.03. The number of hydrogen-bond donors (Lipinski definition) is 1. The van der Waals surface area contributed by atoms with E-state index in [-0.39, 0.29) is 0 Å². The number of aromatic nitrogens is 4. The summed E-state index contributed by atoms with van der Waals surface area (Å²) in [6, 6.07) is 44.2. The Morgan fingerprint density at radius 1 is 0.705 bits per heavy atom. The third-order valence-electron chi connectivity index (χ3n) is 8.90. The van der Waals surface area contributed by atoms with Crippen LogP contribution in [-0.4, -0.2) is 27.8 Å². The Labute approximate surface area is 258 Å². The van der Waals surface area contributed by atoms with Crippen molar-refractivity contribution in [3.8, 4) is 16.9 Å². The summed E-state index contributed by atoms with van der Waals surface area (Å²) >= 11 is 0. The van der Waals surface area contributed by atoms with Gasteiger partial charge in [0.2, 0.25) is 8.07 Å². The fraction of sp³-hybridized carbons (Fsp3) is 0.0769. The van der Waals surface area contributed by atoms with Crippen molar-refractivity contribution in [3.63, 3.8) is 0 Å². The number of aromatic amines is 1. The summed E-state index contributed by atoms with van der Waals surface area (Å²) in [5.74, 6) is 0. The molecule has 5 heteroatoms. The molecule has 4 nitrogen and oxygen atoms in total. The second-order valence-electron chi connectivity index (χ2n) is 11.5. The SMILES string of the molecule is Cc1cc(-c2cccc(-n3c4ccccc4c4ccc([Si@@](C5=CCCC=C5)(c5ccccc5)c5ccccn5)cc43)c2)n[nH]1. The van der Waals surface area contributed by atoms with E-state index in [9.17, 15) is 0 Å². The van der Waals surface area contributed by atoms with Gasteiger partial charge in [-0.1, -0.05) is 97.1 Å². The Balaban J connectivity index is 1.45. The van der Waals surface area contributed by atoms with Gasteiger partial charge in [0.25, 0.3) is 0 Å². The topological polar surface area (TPSA) is 46.5 Å². The number of nitrogens with one attached hydrogen (secondary N) is 1. The summed E-state index contributed by atoms with van der Waals surface area (Å²) < 4.78 is 2.42. The van der Waals surface area contributed by atoms with E-state index in [0.29, 0.717) is 0 Å². The van der Waals surface area contributed by atoms with Crippen LogP contribution in [0.2, 0.25) is 0 Å². The largest absolute Gasteiger partial charge is 0.309 e. The van der Waals surface area contributed by atoms with Gasteiger partial charge in [-0.3, -0.25) is 10.1 Å². The molecule has 0 fully saturated rings. The number of rotatable bonds is 6. The van der Waals surface area contributed by atoms with Crippen molar-refractivity contribution in [2.75, 3.05) is 0 Å². The van der Waals surface area contributed by atoms with E-state index in [2.05, 4.69) is 148 Å². The van der Waals surface area contributed by atoms with Crippen molar-refractivity contribution < 1.29 is 0 Å². The van der Waals surface area contributed by atoms with Crippen LogP contribution in [0.3, 0.4) is 0 Å². The molecule has 212 valence electrons. The molecule has 3 heterocycles. The molecular weight excluding hydrogens is 553 g/mol. The van der Waals surface area contributed by atoms with Crippen molar-refractivity contribution in [1.82, 2.24) is 19.7 Å². The Morgan fingerprint density at radius 3 is 2.34 bits per heavy atom. The van der Waals surface area contributed by atoms with Crippen LogP contribution in [0.4, 0.5) is 0 Å². The second-order valence-corrected chi connectivity index (χ2v) is 15.3. The number of benzene rings is 4. The molecule has 0 unspecified atom stereocenters. The smallest absolute Gasteiger partial charge is 0.201 e. The van der Waals surface area contributed by atoms with Crippen LogP contribution in [0.5, 0.6) is 0 Å². The van der Waals surface area contributed by atoms with E-state index in [1.54, 1.807) is 0 Å². The second kappa shape index (κ2) is 10.8. The van der Waals surface area contributed by atoms with E-state index in [0.717, 1.165) is 40.8 Å². The van der Waals surface area contributed by atoms with Gasteiger partial charge in [-0.15, -0.1) is 0 Å². The van der Waals surface area contributed by atoms with E-state index >= 15 is 0 Å². The van der Waals surface area contributed by atoms with Gasteiger partial charge < -0.3 is 4.57 Å². The van der Waals surface area contributed by atoms with E-state index < -0.39 is 8.07 Å². The molecule has 1 aliphatic rings. The average Bonchev–Trinajstić information content (AvgIpc) is 3.68. The Kier molecular flexibility index (Phi) is 6.46. The number of para-hydroxylation sites is 1. The Morgan fingerprint density at radius 2 is 1.55 bits per heavy atom. The van der Waals surface area contributed by atoms with Crippen molar-refractivity contribution in [3.05, 3.63) is 157 Å². The van der Waals surface area contributed by atoms with Crippen LogP contribution in [-0.2, 0) is 0 Å². The molecular formula is C39H32N4Si. The molecule has 3 aromatic heterocycles. The lowest BCUT2D eigenvalue weighted by Gasteiger charge is -2.35. The van der Waals surface area contributed by atoms with E-state index in [1.165, 1.54) is 37.4 Å². The summed E-state index contributed by atoms with van der Waals surface area (Å²) in [5.41, 5.74) is 6.60. The fourth-order valence-electron chi connectivity index (χ4n) is 6.96. The van der Waals surface area contributed by atoms with Gasteiger partial charge in [0.1, 0.15) is 0 Å². The fourth-order valence-corrected chi connectivity index (χ4v) is 11.7. The highest BCUT2D eigenvalue weighted by atomic mass is 28.3. The molecule has 1 N–H and O–H groups in total. The first-order valence-electron chi connectivity index (χ1n) is 15.2. The van der Waals surface area contributed by atoms with Crippen LogP contribution >= 0.6 is 0 Å². The number of aryl methyl sites for hydroxylation is 1. The monoisotopic (exact) mass is 584 g/mol. The summed E-state index contributed by atoms with van der Waals surface area (Å²) in [6.45, 7) is 2.04. The lowest BCUT2D eigenvalue weighted by atomic mass is 10.1. The number of hydrogen-bond acceptors (Lipinski definition) is 2. The van der Waals surface area contributed by atoms with Gasteiger partial charge in [0.15, 0.2) is 0 Å². The summed E-state index contributed by atoms with van der Waals surface area (Å²) in [6.07, 6.45) is 11.2. The van der Waals surface area contributed by atoms with Gasteiger partial charge in [-0.05, 0) is 77.8 Å². The summed E-state index contributed by atoms with van der Waals surface area (Å²) in [7, 11) is -2.74. The first-order chi connectivity index (χ1) is 21.7. The molecule has 1 aliphatic carbocycles. The third kappa shape index (κ3) is 4.20. The predicted molar refractivity (Wildman–Crippen MR) is 185 cm³/mol.